The van der Waals surface area contributed by atoms with E-state index in [4.69, 9.17) is 12.2 Å². The molecular formula is C21H28N4O2S2. The average molecular weight is 433 g/mol. The maximum Gasteiger partial charge on any atom is 0.231 e. The van der Waals surface area contributed by atoms with Crippen molar-refractivity contribution in [3.8, 4) is 0 Å². The average Bonchev–Trinajstić information content (AvgIpc) is 2.99. The van der Waals surface area contributed by atoms with Crippen LogP contribution >= 0.6 is 12.2 Å². The SMILES string of the molecule is C[C@H]1Cc2ccccc2N1CCCNC(=S)Nc1cccc(N(C)S(C)(=O)=O)c1. The van der Waals surface area contributed by atoms with Crippen LogP contribution in [0, 0.1) is 0 Å². The molecule has 1 heterocycles. The molecule has 2 N–H and O–H groups in total. The van der Waals surface area contributed by atoms with Crippen LogP contribution in [0.5, 0.6) is 0 Å². The van der Waals surface area contributed by atoms with Gasteiger partial charge in [0.05, 0.1) is 11.9 Å². The summed E-state index contributed by atoms with van der Waals surface area (Å²) in [6.07, 6.45) is 3.25. The van der Waals surface area contributed by atoms with Crippen LogP contribution in [0.1, 0.15) is 18.9 Å². The third kappa shape index (κ3) is 5.39. The molecule has 0 spiro atoms. The summed E-state index contributed by atoms with van der Waals surface area (Å²) in [4.78, 5) is 2.46. The van der Waals surface area contributed by atoms with Gasteiger partial charge >= 0.3 is 0 Å². The molecule has 0 aromatic heterocycles. The third-order valence-corrected chi connectivity index (χ3v) is 6.63. The minimum atomic E-state index is -3.30. The van der Waals surface area contributed by atoms with Crippen LogP contribution in [0.4, 0.5) is 17.1 Å². The van der Waals surface area contributed by atoms with Crippen molar-refractivity contribution < 1.29 is 8.42 Å². The van der Waals surface area contributed by atoms with Crippen LogP contribution < -0.4 is 19.8 Å². The number of benzene rings is 2. The maximum atomic E-state index is 11.7. The zero-order valence-electron chi connectivity index (χ0n) is 17.1. The van der Waals surface area contributed by atoms with Crippen LogP contribution in [0.15, 0.2) is 48.5 Å². The van der Waals surface area contributed by atoms with E-state index in [0.29, 0.717) is 16.8 Å². The van der Waals surface area contributed by atoms with Crippen LogP contribution in [-0.4, -0.2) is 46.0 Å². The Morgan fingerprint density at radius 1 is 1.24 bits per heavy atom. The van der Waals surface area contributed by atoms with E-state index < -0.39 is 10.0 Å². The number of rotatable bonds is 7. The second-order valence-electron chi connectivity index (χ2n) is 7.39. The third-order valence-electron chi connectivity index (χ3n) is 5.17. The van der Waals surface area contributed by atoms with E-state index in [1.54, 1.807) is 18.2 Å². The Bertz CT molecular complexity index is 978. The molecule has 0 bridgehead atoms. The number of hydrogen-bond donors (Lipinski definition) is 2. The predicted octanol–water partition coefficient (Wildman–Crippen LogP) is 3.21. The van der Waals surface area contributed by atoms with Crippen molar-refractivity contribution in [3.63, 3.8) is 0 Å². The molecule has 0 amide bonds. The summed E-state index contributed by atoms with van der Waals surface area (Å²) in [7, 11) is -1.77. The zero-order valence-corrected chi connectivity index (χ0v) is 18.7. The molecule has 1 aliphatic rings. The number of para-hydroxylation sites is 1. The Hall–Kier alpha value is -2.32. The van der Waals surface area contributed by atoms with E-state index >= 15 is 0 Å². The number of nitrogens with one attached hydrogen (secondary N) is 2. The molecular weight excluding hydrogens is 404 g/mol. The summed E-state index contributed by atoms with van der Waals surface area (Å²) in [5.74, 6) is 0. The van der Waals surface area contributed by atoms with Crippen molar-refractivity contribution >= 4 is 44.4 Å². The lowest BCUT2D eigenvalue weighted by atomic mass is 10.1. The second kappa shape index (κ2) is 9.00. The Morgan fingerprint density at radius 3 is 2.76 bits per heavy atom. The standard InChI is InChI=1S/C21H28N4O2S2/c1-16-14-17-8-4-5-11-20(17)25(16)13-7-12-22-21(28)23-18-9-6-10-19(15-18)24(2)29(3,26)27/h4-6,8-11,15-16H,7,12-14H2,1-3H3,(H2,22,23,28)/t16-/m0/s1. The number of thiocarbonyl (C=S) groups is 1. The summed E-state index contributed by atoms with van der Waals surface area (Å²) in [6.45, 7) is 4.00. The molecule has 1 aliphatic heterocycles. The number of sulfonamides is 1. The van der Waals surface area contributed by atoms with Gasteiger partial charge < -0.3 is 15.5 Å². The summed E-state index contributed by atoms with van der Waals surface area (Å²) in [6, 6.07) is 16.3. The molecule has 0 aliphatic carbocycles. The largest absolute Gasteiger partial charge is 0.368 e. The Morgan fingerprint density at radius 2 is 2.00 bits per heavy atom. The quantitative estimate of drug-likeness (QED) is 0.517. The van der Waals surface area contributed by atoms with E-state index in [0.717, 1.165) is 31.6 Å². The van der Waals surface area contributed by atoms with Gasteiger partial charge in [-0.2, -0.15) is 0 Å². The van der Waals surface area contributed by atoms with Crippen molar-refractivity contribution in [2.75, 3.05) is 40.9 Å². The smallest absolute Gasteiger partial charge is 0.231 e. The van der Waals surface area contributed by atoms with Gasteiger partial charge in [0, 0.05) is 37.6 Å². The van der Waals surface area contributed by atoms with Gasteiger partial charge in [0.25, 0.3) is 0 Å². The van der Waals surface area contributed by atoms with Gasteiger partial charge in [-0.25, -0.2) is 8.42 Å². The van der Waals surface area contributed by atoms with Crippen molar-refractivity contribution in [2.45, 2.75) is 25.8 Å². The van der Waals surface area contributed by atoms with Gasteiger partial charge in [-0.1, -0.05) is 24.3 Å². The second-order valence-corrected chi connectivity index (χ2v) is 9.81. The van der Waals surface area contributed by atoms with Crippen LogP contribution in [0.2, 0.25) is 0 Å². The monoisotopic (exact) mass is 432 g/mol. The van der Waals surface area contributed by atoms with Crippen LogP contribution in [-0.2, 0) is 16.4 Å². The lowest BCUT2D eigenvalue weighted by molar-refractivity contribution is 0.600. The fourth-order valence-electron chi connectivity index (χ4n) is 3.57. The summed E-state index contributed by atoms with van der Waals surface area (Å²) in [5.41, 5.74) is 4.09. The number of fused-ring (bicyclic) bond motifs is 1. The highest BCUT2D eigenvalue weighted by atomic mass is 32.2. The minimum Gasteiger partial charge on any atom is -0.368 e. The minimum absolute atomic E-state index is 0.520. The zero-order chi connectivity index (χ0) is 21.0. The predicted molar refractivity (Wildman–Crippen MR) is 125 cm³/mol. The first-order chi connectivity index (χ1) is 13.8. The van der Waals surface area contributed by atoms with E-state index in [-0.39, 0.29) is 0 Å². The normalized spacial score (nSPS) is 15.7. The highest BCUT2D eigenvalue weighted by Crippen LogP contribution is 2.31. The topological polar surface area (TPSA) is 64.7 Å². The van der Waals surface area contributed by atoms with Gasteiger partial charge in [0.15, 0.2) is 5.11 Å². The Labute approximate surface area is 179 Å². The van der Waals surface area contributed by atoms with E-state index in [9.17, 15) is 8.42 Å². The molecule has 156 valence electrons. The van der Waals surface area contributed by atoms with Gasteiger partial charge in [-0.05, 0) is 61.8 Å². The molecule has 0 unspecified atom stereocenters. The number of anilines is 3. The molecule has 0 saturated heterocycles. The molecule has 1 atom stereocenters. The van der Waals surface area contributed by atoms with Crippen molar-refractivity contribution in [1.29, 1.82) is 0 Å². The Balaban J connectivity index is 1.48. The fraction of sp³-hybridized carbons (Fsp3) is 0.381. The van der Waals surface area contributed by atoms with Gasteiger partial charge in [-0.15, -0.1) is 0 Å². The molecule has 8 heteroatoms. The van der Waals surface area contributed by atoms with Gasteiger partial charge in [0.1, 0.15) is 0 Å². The molecule has 6 nitrogen and oxygen atoms in total. The van der Waals surface area contributed by atoms with E-state index in [1.807, 2.05) is 6.07 Å². The number of hydrogen-bond acceptors (Lipinski definition) is 4. The fourth-order valence-corrected chi connectivity index (χ4v) is 4.28. The first-order valence-electron chi connectivity index (χ1n) is 9.69. The molecule has 0 radical (unpaired) electrons. The van der Waals surface area contributed by atoms with Crippen molar-refractivity contribution in [2.24, 2.45) is 0 Å². The Kier molecular flexibility index (Phi) is 6.64. The van der Waals surface area contributed by atoms with E-state index in [2.05, 4.69) is 46.7 Å². The summed E-state index contributed by atoms with van der Waals surface area (Å²) < 4.78 is 24.7. The first-order valence-corrected chi connectivity index (χ1v) is 11.9. The molecule has 2 aromatic carbocycles. The van der Waals surface area contributed by atoms with Gasteiger partial charge in [0.2, 0.25) is 10.0 Å². The van der Waals surface area contributed by atoms with Crippen molar-refractivity contribution in [1.82, 2.24) is 5.32 Å². The molecule has 29 heavy (non-hydrogen) atoms. The highest BCUT2D eigenvalue weighted by molar-refractivity contribution is 7.92. The lowest BCUT2D eigenvalue weighted by Gasteiger charge is -2.25. The lowest BCUT2D eigenvalue weighted by Crippen LogP contribution is -2.34. The number of nitrogens with zero attached hydrogens (tertiary/aromatic N) is 2. The summed E-state index contributed by atoms with van der Waals surface area (Å²) in [5, 5.41) is 6.89. The van der Waals surface area contributed by atoms with Gasteiger partial charge in [-0.3, -0.25) is 4.31 Å². The molecule has 0 saturated carbocycles. The first kappa shape index (κ1) is 21.4. The van der Waals surface area contributed by atoms with Crippen LogP contribution in [0.3, 0.4) is 0 Å². The molecule has 3 rings (SSSR count). The van der Waals surface area contributed by atoms with Crippen molar-refractivity contribution in [3.05, 3.63) is 54.1 Å². The van der Waals surface area contributed by atoms with Crippen LogP contribution in [0.25, 0.3) is 0 Å². The maximum absolute atomic E-state index is 11.7. The molecule has 2 aromatic rings. The molecule has 0 fully saturated rings. The highest BCUT2D eigenvalue weighted by Gasteiger charge is 2.24. The summed E-state index contributed by atoms with van der Waals surface area (Å²) >= 11 is 5.39. The van der Waals surface area contributed by atoms with E-state index in [1.165, 1.54) is 28.9 Å².